The van der Waals surface area contributed by atoms with Gasteiger partial charge in [-0.15, -0.1) is 0 Å². The zero-order chi connectivity index (χ0) is 33.2. The number of fused-ring (bicyclic) bond motifs is 5. The fraction of sp³-hybridized carbons (Fsp3) is 0.371. The van der Waals surface area contributed by atoms with Crippen LogP contribution in [0.5, 0.6) is 0 Å². The Labute approximate surface area is 269 Å². The third-order valence-corrected chi connectivity index (χ3v) is 9.10. The SMILES string of the molecule is CNC(=O)c1c(-c2ccc(F)cc2)oc2cc3c(cc12)-c1cc(C(=O)NC(C)(C)C)cc(c1)N(S(C)(=O)=O)CCCCCCCN3. The van der Waals surface area contributed by atoms with Crippen LogP contribution < -0.4 is 20.3 Å². The lowest BCUT2D eigenvalue weighted by Crippen LogP contribution is -2.40. The molecule has 4 aromatic rings. The smallest absolute Gasteiger partial charge is 0.255 e. The van der Waals surface area contributed by atoms with Gasteiger partial charge in [0.05, 0.1) is 17.5 Å². The second-order valence-corrected chi connectivity index (χ2v) is 14.7. The summed E-state index contributed by atoms with van der Waals surface area (Å²) in [6.07, 6.45) is 5.56. The maximum atomic E-state index is 13.8. The molecule has 3 aromatic carbocycles. The Morgan fingerprint density at radius 1 is 0.913 bits per heavy atom. The van der Waals surface area contributed by atoms with Gasteiger partial charge in [-0.2, -0.15) is 0 Å². The molecule has 2 heterocycles. The minimum Gasteiger partial charge on any atom is -0.455 e. The van der Waals surface area contributed by atoms with Gasteiger partial charge < -0.3 is 20.4 Å². The summed E-state index contributed by atoms with van der Waals surface area (Å²) in [5.74, 6) is -0.832. The summed E-state index contributed by atoms with van der Waals surface area (Å²) < 4.78 is 47.6. The fourth-order valence-corrected chi connectivity index (χ4v) is 6.71. The summed E-state index contributed by atoms with van der Waals surface area (Å²) in [4.78, 5) is 26.9. The van der Waals surface area contributed by atoms with Gasteiger partial charge in [0.15, 0.2) is 0 Å². The minimum absolute atomic E-state index is 0.283. The van der Waals surface area contributed by atoms with Crippen LogP contribution >= 0.6 is 0 Å². The van der Waals surface area contributed by atoms with Gasteiger partial charge in [0.25, 0.3) is 11.8 Å². The van der Waals surface area contributed by atoms with Gasteiger partial charge in [-0.05, 0) is 87.7 Å². The highest BCUT2D eigenvalue weighted by Gasteiger charge is 2.26. The second kappa shape index (κ2) is 13.2. The van der Waals surface area contributed by atoms with E-state index in [1.165, 1.54) is 29.7 Å². The summed E-state index contributed by atoms with van der Waals surface area (Å²) in [6.45, 7) is 6.61. The Balaban J connectivity index is 1.80. The van der Waals surface area contributed by atoms with Gasteiger partial charge in [0.2, 0.25) is 10.0 Å². The van der Waals surface area contributed by atoms with Crippen molar-refractivity contribution in [2.75, 3.05) is 36.0 Å². The van der Waals surface area contributed by atoms with Crippen molar-refractivity contribution in [3.05, 3.63) is 71.5 Å². The van der Waals surface area contributed by atoms with Crippen molar-refractivity contribution < 1.29 is 26.8 Å². The van der Waals surface area contributed by atoms with E-state index in [1.54, 1.807) is 30.3 Å². The predicted octanol–water partition coefficient (Wildman–Crippen LogP) is 6.94. The maximum absolute atomic E-state index is 13.8. The number of carbonyl (C=O) groups is 2. The molecule has 0 unspecified atom stereocenters. The van der Waals surface area contributed by atoms with Crippen molar-refractivity contribution in [3.63, 3.8) is 0 Å². The number of nitrogens with zero attached hydrogens (tertiary/aromatic N) is 1. The van der Waals surface area contributed by atoms with E-state index in [0.29, 0.717) is 63.3 Å². The van der Waals surface area contributed by atoms with Crippen LogP contribution in [0.4, 0.5) is 15.8 Å². The number of anilines is 2. The molecule has 1 aliphatic heterocycles. The lowest BCUT2D eigenvalue weighted by molar-refractivity contribution is 0.0918. The summed E-state index contributed by atoms with van der Waals surface area (Å²) in [5, 5.41) is 9.72. The number of nitrogens with one attached hydrogen (secondary N) is 3. The average molecular weight is 649 g/mol. The van der Waals surface area contributed by atoms with Gasteiger partial charge in [-0.25, -0.2) is 12.8 Å². The maximum Gasteiger partial charge on any atom is 0.255 e. The third kappa shape index (κ3) is 7.36. The topological polar surface area (TPSA) is 121 Å². The first-order chi connectivity index (χ1) is 21.7. The molecule has 0 spiro atoms. The highest BCUT2D eigenvalue weighted by atomic mass is 32.2. The van der Waals surface area contributed by atoms with E-state index >= 15 is 0 Å². The zero-order valence-electron chi connectivity index (χ0n) is 26.9. The number of amides is 2. The highest BCUT2D eigenvalue weighted by molar-refractivity contribution is 7.92. The molecule has 5 rings (SSSR count). The summed E-state index contributed by atoms with van der Waals surface area (Å²) >= 11 is 0. The molecule has 244 valence electrons. The molecule has 1 aliphatic rings. The fourth-order valence-electron chi connectivity index (χ4n) is 5.76. The van der Waals surface area contributed by atoms with Crippen LogP contribution in [-0.2, 0) is 10.0 Å². The number of furan rings is 1. The van der Waals surface area contributed by atoms with E-state index in [2.05, 4.69) is 16.0 Å². The number of hydrogen-bond acceptors (Lipinski definition) is 6. The van der Waals surface area contributed by atoms with Gasteiger partial charge in [-0.1, -0.05) is 19.3 Å². The summed E-state index contributed by atoms with van der Waals surface area (Å²) in [7, 11) is -2.15. The quantitative estimate of drug-likeness (QED) is 0.221. The molecule has 2 bridgehead atoms. The second-order valence-electron chi connectivity index (χ2n) is 12.8. The molecule has 0 saturated carbocycles. The molecule has 1 aromatic heterocycles. The lowest BCUT2D eigenvalue weighted by Gasteiger charge is -2.26. The molecule has 0 fully saturated rings. The Morgan fingerprint density at radius 3 is 2.28 bits per heavy atom. The van der Waals surface area contributed by atoms with Crippen molar-refractivity contribution in [2.45, 2.75) is 58.4 Å². The van der Waals surface area contributed by atoms with Crippen molar-refractivity contribution in [3.8, 4) is 22.5 Å². The number of hydrogen-bond donors (Lipinski definition) is 3. The normalized spacial score (nSPS) is 14.6. The van der Waals surface area contributed by atoms with Crippen LogP contribution in [0, 0.1) is 5.82 Å². The van der Waals surface area contributed by atoms with Crippen LogP contribution in [-0.4, -0.2) is 52.2 Å². The van der Waals surface area contributed by atoms with Crippen LogP contribution in [0.1, 0.15) is 73.6 Å². The van der Waals surface area contributed by atoms with Crippen molar-refractivity contribution >= 4 is 44.2 Å². The van der Waals surface area contributed by atoms with E-state index < -0.39 is 21.4 Å². The molecular weight excluding hydrogens is 607 g/mol. The van der Waals surface area contributed by atoms with Crippen molar-refractivity contribution in [1.82, 2.24) is 10.6 Å². The molecule has 0 aliphatic carbocycles. The van der Waals surface area contributed by atoms with E-state index in [0.717, 1.165) is 25.7 Å². The molecular formula is C35H41FN4O5S. The molecule has 0 radical (unpaired) electrons. The zero-order valence-corrected chi connectivity index (χ0v) is 27.7. The minimum atomic E-state index is -3.68. The van der Waals surface area contributed by atoms with E-state index in [4.69, 9.17) is 4.42 Å². The highest BCUT2D eigenvalue weighted by Crippen LogP contribution is 2.41. The monoisotopic (exact) mass is 648 g/mol. The number of benzene rings is 3. The Bertz CT molecular complexity index is 1880. The predicted molar refractivity (Wildman–Crippen MR) is 181 cm³/mol. The standard InChI is InChI=1S/C35H41FN4O5S/c1-35(2,3)39-33(41)24-17-23-18-26(19-24)40(46(5,43)44)16-10-8-6-7-9-15-38-29-21-30-28(20-27(23)29)31(34(42)37-4)32(45-30)22-11-13-25(36)14-12-22/h11-14,17-21,38H,6-10,15-16H2,1-5H3,(H,37,42)(H,39,41). The Hall–Kier alpha value is -4.38. The van der Waals surface area contributed by atoms with Gasteiger partial charge in [-0.3, -0.25) is 13.9 Å². The molecule has 46 heavy (non-hydrogen) atoms. The number of rotatable bonds is 4. The molecule has 3 N–H and O–H groups in total. The average Bonchev–Trinajstić information content (AvgIpc) is 3.36. The molecule has 11 heteroatoms. The molecule has 0 atom stereocenters. The Kier molecular flexibility index (Phi) is 9.44. The largest absolute Gasteiger partial charge is 0.455 e. The van der Waals surface area contributed by atoms with Crippen molar-refractivity contribution in [2.24, 2.45) is 0 Å². The van der Waals surface area contributed by atoms with Crippen LogP contribution in [0.2, 0.25) is 0 Å². The number of carbonyl (C=O) groups excluding carboxylic acids is 2. The number of halogens is 1. The van der Waals surface area contributed by atoms with Crippen LogP contribution in [0.15, 0.2) is 59.0 Å². The first kappa shape index (κ1) is 33.0. The summed E-state index contributed by atoms with van der Waals surface area (Å²) in [5.41, 5.74) is 3.40. The van der Waals surface area contributed by atoms with E-state index in [-0.39, 0.29) is 23.9 Å². The van der Waals surface area contributed by atoms with E-state index in [1.807, 2.05) is 32.9 Å². The first-order valence-electron chi connectivity index (χ1n) is 15.5. The van der Waals surface area contributed by atoms with Gasteiger partial charge in [0, 0.05) is 59.5 Å². The van der Waals surface area contributed by atoms with Crippen LogP contribution in [0.3, 0.4) is 0 Å². The number of sulfonamides is 1. The molecule has 9 nitrogen and oxygen atoms in total. The lowest BCUT2D eigenvalue weighted by atomic mass is 9.96. The van der Waals surface area contributed by atoms with E-state index in [9.17, 15) is 22.4 Å². The first-order valence-corrected chi connectivity index (χ1v) is 17.4. The Morgan fingerprint density at radius 2 is 1.61 bits per heavy atom. The molecule has 2 amide bonds. The van der Waals surface area contributed by atoms with Crippen molar-refractivity contribution in [1.29, 1.82) is 0 Å². The van der Waals surface area contributed by atoms with Crippen LogP contribution in [0.25, 0.3) is 33.4 Å². The summed E-state index contributed by atoms with van der Waals surface area (Å²) in [6, 6.07) is 14.5. The third-order valence-electron chi connectivity index (χ3n) is 7.91. The van der Waals surface area contributed by atoms with Gasteiger partial charge >= 0.3 is 0 Å². The molecule has 0 saturated heterocycles. The van der Waals surface area contributed by atoms with Gasteiger partial charge in [0.1, 0.15) is 17.2 Å².